The normalized spacial score (nSPS) is 11.5. The number of nitrogens with two attached hydrogens (primary N) is 1. The van der Waals surface area contributed by atoms with Crippen LogP contribution in [0.25, 0.3) is 5.69 Å². The number of rotatable bonds is 5. The van der Waals surface area contributed by atoms with Crippen molar-refractivity contribution >= 4 is 17.6 Å². The van der Waals surface area contributed by atoms with Crippen LogP contribution in [0.15, 0.2) is 27.5 Å². The van der Waals surface area contributed by atoms with Gasteiger partial charge < -0.3 is 15.9 Å². The van der Waals surface area contributed by atoms with E-state index in [9.17, 15) is 4.79 Å². The van der Waals surface area contributed by atoms with Crippen LogP contribution in [0.1, 0.15) is 5.56 Å². The van der Waals surface area contributed by atoms with E-state index in [1.807, 2.05) is 5.38 Å². The van der Waals surface area contributed by atoms with Crippen LogP contribution in [0, 0.1) is 5.41 Å². The average molecular weight is 280 g/mol. The van der Waals surface area contributed by atoms with E-state index in [0.717, 1.165) is 16.5 Å². The second kappa shape index (κ2) is 5.48. The Labute approximate surface area is 112 Å². The number of hydrogen-bond acceptors (Lipinski definition) is 7. The number of ether oxygens (including phenoxy) is 1. The smallest absolute Gasteiger partial charge is 0.368 e. The minimum absolute atomic E-state index is 0.138. The molecule has 0 aromatic carbocycles. The standard InChI is InChI=1S/C10H12N6O2S/c1-15-10(17)16(14-13-15)8-6-19-5-7(8)4-18-9(12)2-3-11/h2-3,5-6,11H,4,12H2,1H3. The molecule has 9 heteroatoms. The first-order valence-corrected chi connectivity index (χ1v) is 6.21. The third-order valence-electron chi connectivity index (χ3n) is 2.31. The molecular formula is C10H12N6O2S. The van der Waals surface area contributed by atoms with E-state index in [4.69, 9.17) is 15.9 Å². The number of hydrogen-bond donors (Lipinski definition) is 2. The molecule has 0 unspecified atom stereocenters. The Kier molecular flexibility index (Phi) is 3.76. The summed E-state index contributed by atoms with van der Waals surface area (Å²) in [5, 5.41) is 17.9. The quantitative estimate of drug-likeness (QED) is 0.591. The molecule has 2 heterocycles. The van der Waals surface area contributed by atoms with Crippen LogP contribution in [0.4, 0.5) is 0 Å². The van der Waals surface area contributed by atoms with Gasteiger partial charge in [-0.25, -0.2) is 4.79 Å². The maximum Gasteiger partial charge on any atom is 0.368 e. The van der Waals surface area contributed by atoms with Crippen LogP contribution in [0.2, 0.25) is 0 Å². The van der Waals surface area contributed by atoms with E-state index >= 15 is 0 Å². The fraction of sp³-hybridized carbons (Fsp3) is 0.200. The van der Waals surface area contributed by atoms with Crippen LogP contribution in [-0.2, 0) is 18.4 Å². The van der Waals surface area contributed by atoms with Crippen molar-refractivity contribution in [2.75, 3.05) is 0 Å². The zero-order valence-corrected chi connectivity index (χ0v) is 10.9. The van der Waals surface area contributed by atoms with Crippen molar-refractivity contribution in [2.24, 2.45) is 12.8 Å². The first kappa shape index (κ1) is 13.0. The Balaban J connectivity index is 2.23. The minimum Gasteiger partial charge on any atom is -0.474 e. The van der Waals surface area contributed by atoms with Gasteiger partial charge in [0.2, 0.25) is 0 Å². The predicted octanol–water partition coefficient (Wildman–Crippen LogP) is -0.00623. The molecular weight excluding hydrogens is 268 g/mol. The summed E-state index contributed by atoms with van der Waals surface area (Å²) in [5.41, 5.74) is 6.57. The highest BCUT2D eigenvalue weighted by molar-refractivity contribution is 7.08. The third-order valence-corrected chi connectivity index (χ3v) is 3.09. The monoisotopic (exact) mass is 280 g/mol. The van der Waals surface area contributed by atoms with E-state index in [2.05, 4.69) is 10.4 Å². The summed E-state index contributed by atoms with van der Waals surface area (Å²) < 4.78 is 7.60. The van der Waals surface area contributed by atoms with E-state index < -0.39 is 0 Å². The largest absolute Gasteiger partial charge is 0.474 e. The molecule has 0 radical (unpaired) electrons. The fourth-order valence-corrected chi connectivity index (χ4v) is 2.17. The SMILES string of the molecule is Cn1nnn(-c2cscc2COC(N)=CC=N)c1=O. The van der Waals surface area contributed by atoms with Crippen molar-refractivity contribution < 1.29 is 4.74 Å². The van der Waals surface area contributed by atoms with Gasteiger partial charge in [0.15, 0.2) is 5.88 Å². The molecule has 0 atom stereocenters. The second-order valence-corrected chi connectivity index (χ2v) is 4.35. The number of nitrogens with one attached hydrogen (secondary N) is 1. The highest BCUT2D eigenvalue weighted by atomic mass is 32.1. The molecule has 2 aromatic heterocycles. The maximum atomic E-state index is 11.8. The molecule has 8 nitrogen and oxygen atoms in total. The summed E-state index contributed by atoms with van der Waals surface area (Å²) in [4.78, 5) is 11.8. The Hall–Kier alpha value is -2.42. The van der Waals surface area contributed by atoms with E-state index in [-0.39, 0.29) is 18.2 Å². The molecule has 100 valence electrons. The topological polar surface area (TPSA) is 112 Å². The summed E-state index contributed by atoms with van der Waals surface area (Å²) in [6, 6.07) is 0. The van der Waals surface area contributed by atoms with Gasteiger partial charge in [0, 0.05) is 30.3 Å². The number of aryl methyl sites for hydroxylation is 1. The van der Waals surface area contributed by atoms with Gasteiger partial charge in [0.1, 0.15) is 6.61 Å². The molecule has 0 aliphatic heterocycles. The Morgan fingerprint density at radius 2 is 2.37 bits per heavy atom. The van der Waals surface area contributed by atoms with Gasteiger partial charge in [-0.15, -0.1) is 11.3 Å². The van der Waals surface area contributed by atoms with Gasteiger partial charge in [-0.1, -0.05) is 0 Å². The number of tetrazole rings is 1. The van der Waals surface area contributed by atoms with Crippen molar-refractivity contribution in [1.29, 1.82) is 5.41 Å². The van der Waals surface area contributed by atoms with Crippen molar-refractivity contribution in [1.82, 2.24) is 19.8 Å². The lowest BCUT2D eigenvalue weighted by Gasteiger charge is -2.05. The minimum atomic E-state index is -0.331. The van der Waals surface area contributed by atoms with Crippen molar-refractivity contribution in [3.63, 3.8) is 0 Å². The fourth-order valence-electron chi connectivity index (χ4n) is 1.37. The molecule has 0 saturated heterocycles. The predicted molar refractivity (Wildman–Crippen MR) is 70.3 cm³/mol. The van der Waals surface area contributed by atoms with E-state index in [1.165, 1.54) is 29.1 Å². The van der Waals surface area contributed by atoms with Crippen LogP contribution in [0.5, 0.6) is 0 Å². The van der Waals surface area contributed by atoms with Crippen molar-refractivity contribution in [2.45, 2.75) is 6.61 Å². The second-order valence-electron chi connectivity index (χ2n) is 3.60. The van der Waals surface area contributed by atoms with Crippen LogP contribution in [0.3, 0.4) is 0 Å². The number of aromatic nitrogens is 4. The van der Waals surface area contributed by atoms with Crippen LogP contribution >= 0.6 is 11.3 Å². The van der Waals surface area contributed by atoms with Crippen LogP contribution < -0.4 is 11.4 Å². The van der Waals surface area contributed by atoms with Gasteiger partial charge >= 0.3 is 5.69 Å². The van der Waals surface area contributed by atoms with Gasteiger partial charge in [-0.2, -0.15) is 9.36 Å². The van der Waals surface area contributed by atoms with E-state index in [0.29, 0.717) is 5.69 Å². The summed E-state index contributed by atoms with van der Waals surface area (Å²) in [5.74, 6) is 0.138. The van der Waals surface area contributed by atoms with Crippen molar-refractivity contribution in [3.8, 4) is 5.69 Å². The highest BCUT2D eigenvalue weighted by Gasteiger charge is 2.12. The molecule has 0 saturated carbocycles. The molecule has 2 rings (SSSR count). The molecule has 0 bridgehead atoms. The lowest BCUT2D eigenvalue weighted by atomic mass is 10.3. The average Bonchev–Trinajstić information content (AvgIpc) is 2.96. The maximum absolute atomic E-state index is 11.8. The molecule has 0 fully saturated rings. The van der Waals surface area contributed by atoms with Gasteiger partial charge in [0.05, 0.1) is 5.69 Å². The molecule has 0 aliphatic rings. The highest BCUT2D eigenvalue weighted by Crippen LogP contribution is 2.19. The number of thiophene rings is 1. The number of nitrogens with zero attached hydrogens (tertiary/aromatic N) is 4. The molecule has 19 heavy (non-hydrogen) atoms. The lowest BCUT2D eigenvalue weighted by molar-refractivity contribution is 0.196. The molecule has 3 N–H and O–H groups in total. The Morgan fingerprint density at radius 3 is 3.00 bits per heavy atom. The van der Waals surface area contributed by atoms with E-state index in [1.54, 1.807) is 5.38 Å². The first-order chi connectivity index (χ1) is 9.13. The first-order valence-electron chi connectivity index (χ1n) is 5.27. The summed E-state index contributed by atoms with van der Waals surface area (Å²) in [7, 11) is 1.53. The molecule has 0 aliphatic carbocycles. The summed E-state index contributed by atoms with van der Waals surface area (Å²) in [6.07, 6.45) is 2.37. The zero-order chi connectivity index (χ0) is 13.8. The molecule has 0 spiro atoms. The van der Waals surface area contributed by atoms with Gasteiger partial charge in [0.25, 0.3) is 0 Å². The molecule has 2 aromatic rings. The zero-order valence-electron chi connectivity index (χ0n) is 10.1. The number of allylic oxidation sites excluding steroid dienone is 1. The third kappa shape index (κ3) is 2.71. The Bertz CT molecular complexity index is 668. The molecule has 0 amide bonds. The van der Waals surface area contributed by atoms with Gasteiger partial charge in [-0.05, 0) is 15.8 Å². The lowest BCUT2D eigenvalue weighted by Crippen LogP contribution is -2.22. The summed E-state index contributed by atoms with van der Waals surface area (Å²) >= 11 is 1.42. The van der Waals surface area contributed by atoms with Crippen molar-refractivity contribution in [3.05, 3.63) is 38.8 Å². The van der Waals surface area contributed by atoms with Gasteiger partial charge in [-0.3, -0.25) is 0 Å². The summed E-state index contributed by atoms with van der Waals surface area (Å²) in [6.45, 7) is 0.192. The Morgan fingerprint density at radius 1 is 1.58 bits per heavy atom. The van der Waals surface area contributed by atoms with Crippen LogP contribution in [-0.4, -0.2) is 26.0 Å².